The van der Waals surface area contributed by atoms with Gasteiger partial charge in [0, 0.05) is 36.3 Å². The molecule has 5 rings (SSSR count). The van der Waals surface area contributed by atoms with Crippen molar-refractivity contribution in [1.29, 1.82) is 5.26 Å². The fourth-order valence-electron chi connectivity index (χ4n) is 4.40. The third kappa shape index (κ3) is 4.68. The summed E-state index contributed by atoms with van der Waals surface area (Å²) in [6.07, 6.45) is 2.52. The van der Waals surface area contributed by atoms with Gasteiger partial charge in [0.2, 0.25) is 5.95 Å². The molecule has 3 amide bonds. The number of carbonyl (C=O) groups excluding carboxylic acids is 2. The summed E-state index contributed by atoms with van der Waals surface area (Å²) in [6.45, 7) is 2.56. The van der Waals surface area contributed by atoms with Crippen LogP contribution in [-0.4, -0.2) is 70.2 Å². The van der Waals surface area contributed by atoms with E-state index in [9.17, 15) is 9.59 Å². The minimum Gasteiger partial charge on any atom is -0.491 e. The standard InChI is InChI=1S/C24H25N7O4/c1-34-23(32)29-22-27-19-11-17(13-26-21(19)28-22)16-2-3-20-18(10-16)14-31(8-9-35-20)24(33)30-6-4-15(12-25)5-7-30/h2-3,10-11,13,15H,4-9,14H2,1H3,(H2,26,27,28,29,32). The van der Waals surface area contributed by atoms with Crippen LogP contribution in [0, 0.1) is 17.2 Å². The first kappa shape index (κ1) is 22.5. The van der Waals surface area contributed by atoms with Crippen LogP contribution in [-0.2, 0) is 11.3 Å². The summed E-state index contributed by atoms with van der Waals surface area (Å²) in [6, 6.07) is 10.1. The molecule has 35 heavy (non-hydrogen) atoms. The number of hydrogen-bond acceptors (Lipinski definition) is 7. The van der Waals surface area contributed by atoms with Crippen LogP contribution in [0.3, 0.4) is 0 Å². The molecule has 0 spiro atoms. The summed E-state index contributed by atoms with van der Waals surface area (Å²) < 4.78 is 10.5. The molecule has 2 aliphatic heterocycles. The Hall–Kier alpha value is -4.33. The van der Waals surface area contributed by atoms with E-state index in [0.717, 1.165) is 22.4 Å². The number of anilines is 1. The van der Waals surface area contributed by atoms with Crippen molar-refractivity contribution in [2.24, 2.45) is 5.92 Å². The zero-order chi connectivity index (χ0) is 24.4. The SMILES string of the molecule is COC(=O)Nc1nc2ncc(-c3ccc4c(c3)CN(C(=O)N3CCC(C#N)CC3)CCO4)cc2[nH]1. The van der Waals surface area contributed by atoms with E-state index in [0.29, 0.717) is 56.8 Å². The van der Waals surface area contributed by atoms with Gasteiger partial charge in [0.25, 0.3) is 0 Å². The number of fused-ring (bicyclic) bond motifs is 2. The summed E-state index contributed by atoms with van der Waals surface area (Å²) in [5.74, 6) is 1.04. The van der Waals surface area contributed by atoms with E-state index in [1.807, 2.05) is 34.1 Å². The van der Waals surface area contributed by atoms with Gasteiger partial charge in [-0.25, -0.2) is 14.6 Å². The number of carbonyl (C=O) groups is 2. The number of amides is 3. The highest BCUT2D eigenvalue weighted by molar-refractivity contribution is 5.86. The maximum Gasteiger partial charge on any atom is 0.413 e. The van der Waals surface area contributed by atoms with E-state index in [1.165, 1.54) is 7.11 Å². The number of pyridine rings is 1. The smallest absolute Gasteiger partial charge is 0.413 e. The number of methoxy groups -OCH3 is 1. The van der Waals surface area contributed by atoms with Gasteiger partial charge >= 0.3 is 12.1 Å². The first-order chi connectivity index (χ1) is 17.0. The predicted octanol–water partition coefficient (Wildman–Crippen LogP) is 3.35. The lowest BCUT2D eigenvalue weighted by atomic mass is 9.99. The van der Waals surface area contributed by atoms with Gasteiger partial charge in [0.05, 0.1) is 31.8 Å². The lowest BCUT2D eigenvalue weighted by molar-refractivity contribution is 0.132. The number of piperidine rings is 1. The number of H-pyrrole nitrogens is 1. The number of aromatic nitrogens is 3. The van der Waals surface area contributed by atoms with Crippen molar-refractivity contribution in [3.05, 3.63) is 36.0 Å². The number of nitrogens with one attached hydrogen (secondary N) is 2. The normalized spacial score (nSPS) is 16.1. The first-order valence-corrected chi connectivity index (χ1v) is 11.4. The monoisotopic (exact) mass is 475 g/mol. The molecule has 1 aromatic carbocycles. The van der Waals surface area contributed by atoms with Crippen molar-refractivity contribution in [3.8, 4) is 22.9 Å². The van der Waals surface area contributed by atoms with Crippen LogP contribution >= 0.6 is 0 Å². The van der Waals surface area contributed by atoms with Crippen molar-refractivity contribution in [2.75, 3.05) is 38.7 Å². The average Bonchev–Trinajstić information content (AvgIpc) is 3.16. The number of ether oxygens (including phenoxy) is 2. The number of likely N-dealkylation sites (tertiary alicyclic amines) is 1. The quantitative estimate of drug-likeness (QED) is 0.580. The summed E-state index contributed by atoms with van der Waals surface area (Å²) in [7, 11) is 1.28. The average molecular weight is 476 g/mol. The molecule has 0 radical (unpaired) electrons. The molecule has 2 N–H and O–H groups in total. The Morgan fingerprint density at radius 2 is 2.03 bits per heavy atom. The third-order valence-electron chi connectivity index (χ3n) is 6.34. The highest BCUT2D eigenvalue weighted by Crippen LogP contribution is 2.31. The largest absolute Gasteiger partial charge is 0.491 e. The number of rotatable bonds is 2. The molecule has 0 saturated carbocycles. The number of aromatic amines is 1. The second kappa shape index (κ2) is 9.50. The van der Waals surface area contributed by atoms with E-state index in [-0.39, 0.29) is 17.9 Å². The van der Waals surface area contributed by atoms with Gasteiger partial charge in [0.1, 0.15) is 12.4 Å². The molecule has 4 heterocycles. The molecule has 2 aromatic heterocycles. The van der Waals surface area contributed by atoms with Crippen LogP contribution in [0.5, 0.6) is 5.75 Å². The number of urea groups is 1. The van der Waals surface area contributed by atoms with Crippen molar-refractivity contribution >= 4 is 29.2 Å². The van der Waals surface area contributed by atoms with Crippen molar-refractivity contribution in [1.82, 2.24) is 24.8 Å². The summed E-state index contributed by atoms with van der Waals surface area (Å²) in [4.78, 5) is 39.9. The van der Waals surface area contributed by atoms with Crippen LogP contribution in [0.2, 0.25) is 0 Å². The molecule has 1 saturated heterocycles. The molecular formula is C24H25N7O4. The molecule has 1 fully saturated rings. The van der Waals surface area contributed by atoms with Crippen molar-refractivity contribution < 1.29 is 19.1 Å². The van der Waals surface area contributed by atoms with Gasteiger partial charge < -0.3 is 24.3 Å². The second-order valence-electron chi connectivity index (χ2n) is 8.56. The Bertz CT molecular complexity index is 1310. The van der Waals surface area contributed by atoms with E-state index in [4.69, 9.17) is 10.00 Å². The molecule has 2 aliphatic rings. The highest BCUT2D eigenvalue weighted by Gasteiger charge is 2.28. The number of nitrogens with zero attached hydrogens (tertiary/aromatic N) is 5. The molecule has 180 valence electrons. The molecule has 11 nitrogen and oxygen atoms in total. The Morgan fingerprint density at radius 1 is 1.20 bits per heavy atom. The third-order valence-corrected chi connectivity index (χ3v) is 6.34. The van der Waals surface area contributed by atoms with Gasteiger partial charge in [-0.05, 0) is 36.6 Å². The minimum atomic E-state index is -0.622. The molecular weight excluding hydrogens is 450 g/mol. The van der Waals surface area contributed by atoms with E-state index >= 15 is 0 Å². The van der Waals surface area contributed by atoms with Crippen LogP contribution in [0.4, 0.5) is 15.5 Å². The van der Waals surface area contributed by atoms with E-state index in [2.05, 4.69) is 31.1 Å². The van der Waals surface area contributed by atoms with E-state index in [1.54, 1.807) is 6.20 Å². The Balaban J connectivity index is 1.36. The maximum absolute atomic E-state index is 13.2. The number of benzene rings is 1. The molecule has 0 bridgehead atoms. The molecule has 3 aromatic rings. The maximum atomic E-state index is 13.2. The van der Waals surface area contributed by atoms with Crippen LogP contribution in [0.15, 0.2) is 30.5 Å². The number of imidazole rings is 1. The first-order valence-electron chi connectivity index (χ1n) is 11.4. The summed E-state index contributed by atoms with van der Waals surface area (Å²) in [5.41, 5.74) is 3.82. The Kier molecular flexibility index (Phi) is 6.10. The highest BCUT2D eigenvalue weighted by atomic mass is 16.5. The van der Waals surface area contributed by atoms with Crippen LogP contribution in [0.25, 0.3) is 22.3 Å². The Labute approximate surface area is 201 Å². The molecule has 11 heteroatoms. The van der Waals surface area contributed by atoms with Crippen LogP contribution < -0.4 is 10.1 Å². The van der Waals surface area contributed by atoms with Gasteiger partial charge in [-0.1, -0.05) is 6.07 Å². The van der Waals surface area contributed by atoms with Gasteiger partial charge in [-0.3, -0.25) is 5.32 Å². The van der Waals surface area contributed by atoms with Gasteiger partial charge in [0.15, 0.2) is 5.65 Å². The fraction of sp³-hybridized carbons (Fsp3) is 0.375. The predicted molar refractivity (Wildman–Crippen MR) is 127 cm³/mol. The minimum absolute atomic E-state index is 0.0191. The lowest BCUT2D eigenvalue weighted by Crippen LogP contribution is -2.46. The molecule has 0 unspecified atom stereocenters. The zero-order valence-corrected chi connectivity index (χ0v) is 19.3. The number of hydrogen-bond donors (Lipinski definition) is 2. The van der Waals surface area contributed by atoms with Gasteiger partial charge in [-0.2, -0.15) is 10.2 Å². The topological polar surface area (TPSA) is 136 Å². The van der Waals surface area contributed by atoms with Crippen molar-refractivity contribution in [2.45, 2.75) is 19.4 Å². The van der Waals surface area contributed by atoms with Crippen LogP contribution in [0.1, 0.15) is 18.4 Å². The molecule has 0 aliphatic carbocycles. The zero-order valence-electron chi connectivity index (χ0n) is 19.3. The van der Waals surface area contributed by atoms with Crippen molar-refractivity contribution in [3.63, 3.8) is 0 Å². The summed E-state index contributed by atoms with van der Waals surface area (Å²) in [5, 5.41) is 11.6. The Morgan fingerprint density at radius 3 is 2.80 bits per heavy atom. The fourth-order valence-corrected chi connectivity index (χ4v) is 4.40. The second-order valence-corrected chi connectivity index (χ2v) is 8.56. The van der Waals surface area contributed by atoms with Gasteiger partial charge in [-0.15, -0.1) is 0 Å². The number of nitriles is 1. The summed E-state index contributed by atoms with van der Waals surface area (Å²) >= 11 is 0. The molecule has 0 atom stereocenters. The van der Waals surface area contributed by atoms with E-state index < -0.39 is 6.09 Å². The lowest BCUT2D eigenvalue weighted by Gasteiger charge is -2.33.